The first-order valence-electron chi connectivity index (χ1n) is 5.83. The molecule has 0 aromatic heterocycles. The van der Waals surface area contributed by atoms with E-state index in [4.69, 9.17) is 0 Å². The summed E-state index contributed by atoms with van der Waals surface area (Å²) >= 11 is 3.26. The number of halogens is 1. The molecular formula is C13H17BrO3S. The topological polar surface area (TPSA) is 51.2 Å². The molecular weight excluding hydrogens is 316 g/mol. The largest absolute Gasteiger partial charge is 0.293 e. The van der Waals surface area contributed by atoms with Crippen LogP contribution in [0, 0.1) is 5.92 Å². The molecule has 1 unspecified atom stereocenters. The summed E-state index contributed by atoms with van der Waals surface area (Å²) < 4.78 is 24.4. The second-order valence-corrected chi connectivity index (χ2v) is 7.53. The number of ketones is 1. The predicted octanol–water partition coefficient (Wildman–Crippen LogP) is 3.09. The maximum Gasteiger partial charge on any atom is 0.177 e. The van der Waals surface area contributed by atoms with E-state index < -0.39 is 15.6 Å². The number of rotatable bonds is 6. The van der Waals surface area contributed by atoms with Crippen LogP contribution in [0.5, 0.6) is 0 Å². The van der Waals surface area contributed by atoms with Crippen molar-refractivity contribution in [2.75, 3.05) is 11.5 Å². The molecule has 5 heteroatoms. The molecule has 1 aromatic carbocycles. The zero-order valence-corrected chi connectivity index (χ0v) is 12.9. The van der Waals surface area contributed by atoms with Crippen LogP contribution >= 0.6 is 15.9 Å². The van der Waals surface area contributed by atoms with Crippen molar-refractivity contribution in [2.45, 2.75) is 20.3 Å². The van der Waals surface area contributed by atoms with Crippen LogP contribution in [-0.2, 0) is 9.84 Å². The fourth-order valence-corrected chi connectivity index (χ4v) is 3.74. The van der Waals surface area contributed by atoms with E-state index in [0.717, 1.165) is 10.9 Å². The number of carbonyl (C=O) groups is 1. The average molecular weight is 333 g/mol. The third-order valence-electron chi connectivity index (χ3n) is 2.73. The van der Waals surface area contributed by atoms with E-state index in [1.54, 1.807) is 24.3 Å². The fourth-order valence-electron chi connectivity index (χ4n) is 1.56. The Morgan fingerprint density at radius 2 is 2.06 bits per heavy atom. The Morgan fingerprint density at radius 1 is 1.39 bits per heavy atom. The molecule has 0 aliphatic heterocycles. The first-order chi connectivity index (χ1) is 8.34. The first-order valence-corrected chi connectivity index (χ1v) is 8.44. The number of Topliss-reactive ketones (excluding diaryl/α,β-unsaturated/α-hetero) is 1. The Kier molecular flexibility index (Phi) is 5.53. The lowest BCUT2D eigenvalue weighted by Crippen LogP contribution is -2.22. The maximum atomic E-state index is 11.9. The normalized spacial score (nSPS) is 13.3. The molecule has 3 nitrogen and oxygen atoms in total. The second kappa shape index (κ2) is 6.48. The average Bonchev–Trinajstić information content (AvgIpc) is 2.27. The standard InChI is InChI=1S/C13H17BrO3S/c1-3-10(2)8-18(16,17)9-13(15)11-5-4-6-12(14)7-11/h4-7,10H,3,8-9H2,1-2H3. The van der Waals surface area contributed by atoms with Crippen molar-refractivity contribution in [1.29, 1.82) is 0 Å². The van der Waals surface area contributed by atoms with Gasteiger partial charge in [-0.15, -0.1) is 0 Å². The lowest BCUT2D eigenvalue weighted by atomic mass is 10.1. The molecule has 0 saturated carbocycles. The van der Waals surface area contributed by atoms with Gasteiger partial charge in [-0.3, -0.25) is 4.79 Å². The molecule has 0 heterocycles. The van der Waals surface area contributed by atoms with E-state index in [1.807, 2.05) is 13.8 Å². The number of hydrogen-bond acceptors (Lipinski definition) is 3. The van der Waals surface area contributed by atoms with Gasteiger partial charge < -0.3 is 0 Å². The van der Waals surface area contributed by atoms with Crippen molar-refractivity contribution in [3.63, 3.8) is 0 Å². The highest BCUT2D eigenvalue weighted by Crippen LogP contribution is 2.14. The Balaban J connectivity index is 2.76. The van der Waals surface area contributed by atoms with E-state index in [2.05, 4.69) is 15.9 Å². The molecule has 0 aliphatic carbocycles. The van der Waals surface area contributed by atoms with Crippen LogP contribution in [-0.4, -0.2) is 25.7 Å². The highest BCUT2D eigenvalue weighted by atomic mass is 79.9. The Labute approximate surface area is 117 Å². The van der Waals surface area contributed by atoms with Gasteiger partial charge in [0.15, 0.2) is 15.6 Å². The van der Waals surface area contributed by atoms with Crippen molar-refractivity contribution in [3.8, 4) is 0 Å². The highest BCUT2D eigenvalue weighted by molar-refractivity contribution is 9.10. The summed E-state index contributed by atoms with van der Waals surface area (Å²) in [5, 5.41) is 0. The highest BCUT2D eigenvalue weighted by Gasteiger charge is 2.20. The zero-order chi connectivity index (χ0) is 13.8. The Bertz CT molecular complexity index is 523. The molecule has 0 amide bonds. The van der Waals surface area contributed by atoms with Crippen molar-refractivity contribution < 1.29 is 13.2 Å². The van der Waals surface area contributed by atoms with E-state index in [-0.39, 0.29) is 17.5 Å². The quantitative estimate of drug-likeness (QED) is 0.752. The van der Waals surface area contributed by atoms with Crippen molar-refractivity contribution >= 4 is 31.6 Å². The summed E-state index contributed by atoms with van der Waals surface area (Å²) in [6.45, 7) is 3.82. The predicted molar refractivity (Wildman–Crippen MR) is 76.6 cm³/mol. The first kappa shape index (κ1) is 15.4. The molecule has 0 saturated heterocycles. The Hall–Kier alpha value is -0.680. The van der Waals surface area contributed by atoms with Gasteiger partial charge in [-0.1, -0.05) is 48.3 Å². The molecule has 1 aromatic rings. The molecule has 0 fully saturated rings. The molecule has 0 aliphatic rings. The van der Waals surface area contributed by atoms with Gasteiger partial charge in [-0.05, 0) is 18.1 Å². The molecule has 0 N–H and O–H groups in total. The van der Waals surface area contributed by atoms with Gasteiger partial charge in [0, 0.05) is 10.0 Å². The minimum atomic E-state index is -3.32. The van der Waals surface area contributed by atoms with Gasteiger partial charge in [-0.25, -0.2) is 8.42 Å². The maximum absolute atomic E-state index is 11.9. The van der Waals surface area contributed by atoms with Crippen LogP contribution in [0.2, 0.25) is 0 Å². The van der Waals surface area contributed by atoms with Gasteiger partial charge >= 0.3 is 0 Å². The van der Waals surface area contributed by atoms with Crippen LogP contribution in [0.3, 0.4) is 0 Å². The van der Waals surface area contributed by atoms with E-state index in [1.165, 1.54) is 0 Å². The minimum Gasteiger partial charge on any atom is -0.293 e. The van der Waals surface area contributed by atoms with Crippen LogP contribution in [0.15, 0.2) is 28.7 Å². The smallest absolute Gasteiger partial charge is 0.177 e. The summed E-state index contributed by atoms with van der Waals surface area (Å²) in [6, 6.07) is 6.79. The van der Waals surface area contributed by atoms with Gasteiger partial charge in [0.05, 0.1) is 5.75 Å². The molecule has 1 atom stereocenters. The monoisotopic (exact) mass is 332 g/mol. The lowest BCUT2D eigenvalue weighted by Gasteiger charge is -2.09. The minimum absolute atomic E-state index is 0.0727. The lowest BCUT2D eigenvalue weighted by molar-refractivity contribution is 0.102. The Morgan fingerprint density at radius 3 is 2.61 bits per heavy atom. The zero-order valence-electron chi connectivity index (χ0n) is 10.5. The SMILES string of the molecule is CCC(C)CS(=O)(=O)CC(=O)c1cccc(Br)c1. The van der Waals surface area contributed by atoms with Crippen molar-refractivity contribution in [2.24, 2.45) is 5.92 Å². The number of carbonyl (C=O) groups excluding carboxylic acids is 1. The molecule has 100 valence electrons. The van der Waals surface area contributed by atoms with Crippen LogP contribution in [0.25, 0.3) is 0 Å². The van der Waals surface area contributed by atoms with Crippen LogP contribution in [0.1, 0.15) is 30.6 Å². The summed E-state index contributed by atoms with van der Waals surface area (Å²) in [7, 11) is -3.32. The van der Waals surface area contributed by atoms with Gasteiger partial charge in [0.2, 0.25) is 0 Å². The fraction of sp³-hybridized carbons (Fsp3) is 0.462. The van der Waals surface area contributed by atoms with Crippen molar-refractivity contribution in [3.05, 3.63) is 34.3 Å². The van der Waals surface area contributed by atoms with Crippen LogP contribution < -0.4 is 0 Å². The van der Waals surface area contributed by atoms with Gasteiger partial charge in [0.1, 0.15) is 5.75 Å². The second-order valence-electron chi connectivity index (χ2n) is 4.50. The third-order valence-corrected chi connectivity index (χ3v) is 5.01. The molecule has 0 spiro atoms. The van der Waals surface area contributed by atoms with Gasteiger partial charge in [0.25, 0.3) is 0 Å². The van der Waals surface area contributed by atoms with Crippen molar-refractivity contribution in [1.82, 2.24) is 0 Å². The number of hydrogen-bond donors (Lipinski definition) is 0. The van der Waals surface area contributed by atoms with E-state index in [9.17, 15) is 13.2 Å². The summed E-state index contributed by atoms with van der Waals surface area (Å²) in [5.74, 6) is -0.596. The summed E-state index contributed by atoms with van der Waals surface area (Å²) in [6.07, 6.45) is 0.796. The molecule has 1 rings (SSSR count). The van der Waals surface area contributed by atoms with Gasteiger partial charge in [-0.2, -0.15) is 0 Å². The van der Waals surface area contributed by atoms with E-state index in [0.29, 0.717) is 5.56 Å². The molecule has 18 heavy (non-hydrogen) atoms. The molecule has 0 bridgehead atoms. The molecule has 0 radical (unpaired) electrons. The third kappa shape index (κ3) is 4.90. The van der Waals surface area contributed by atoms with E-state index >= 15 is 0 Å². The summed E-state index contributed by atoms with van der Waals surface area (Å²) in [4.78, 5) is 11.9. The summed E-state index contributed by atoms with van der Waals surface area (Å²) in [5.41, 5.74) is 0.428. The van der Waals surface area contributed by atoms with Crippen LogP contribution in [0.4, 0.5) is 0 Å². The number of sulfone groups is 1. The number of benzene rings is 1.